The molecule has 123 valence electrons. The van der Waals surface area contributed by atoms with Crippen LogP contribution >= 0.6 is 23.2 Å². The van der Waals surface area contributed by atoms with Crippen LogP contribution in [0.2, 0.25) is 10.3 Å². The molecular weight excluding hydrogens is 422 g/mol. The van der Waals surface area contributed by atoms with Crippen LogP contribution in [0.1, 0.15) is 13.8 Å². The standard InChI is InChI=1S/C14H14AsCl2N2O3S/c1-8(2)23(20,21)12-6-9(22-3)4-5-10(12)15-13-11(16)7-18-14(17)19-13/h4-8H,1-3H3. The summed E-state index contributed by atoms with van der Waals surface area (Å²) in [7, 11) is -1.96. The van der Waals surface area contributed by atoms with E-state index in [2.05, 4.69) is 9.97 Å². The Morgan fingerprint density at radius 1 is 1.26 bits per heavy atom. The molecule has 2 aromatic rings. The molecule has 0 saturated carbocycles. The summed E-state index contributed by atoms with van der Waals surface area (Å²) in [5, 5.41) is -0.0846. The molecule has 1 aromatic heterocycles. The van der Waals surface area contributed by atoms with Gasteiger partial charge in [-0.05, 0) is 0 Å². The third-order valence-electron chi connectivity index (χ3n) is 3.02. The van der Waals surface area contributed by atoms with E-state index in [-0.39, 0.29) is 10.2 Å². The SMILES string of the molecule is COc1ccc([As]c2nc(Cl)ncc2Cl)c(S(=O)(=O)C(C)C)c1. The summed E-state index contributed by atoms with van der Waals surface area (Å²) in [6.07, 6.45) is 1.42. The Bertz CT molecular complexity index is 829. The van der Waals surface area contributed by atoms with Gasteiger partial charge in [-0.25, -0.2) is 0 Å². The zero-order chi connectivity index (χ0) is 17.2. The summed E-state index contributed by atoms with van der Waals surface area (Å²) in [6, 6.07) is 5.00. The number of benzene rings is 1. The summed E-state index contributed by atoms with van der Waals surface area (Å²) in [6.45, 7) is 3.28. The van der Waals surface area contributed by atoms with Crippen molar-refractivity contribution < 1.29 is 13.2 Å². The number of methoxy groups -OCH3 is 1. The molecule has 0 unspecified atom stereocenters. The molecule has 9 heteroatoms. The van der Waals surface area contributed by atoms with Gasteiger partial charge in [0.2, 0.25) is 0 Å². The minimum atomic E-state index is -3.46. The number of rotatable bonds is 5. The second-order valence-electron chi connectivity index (χ2n) is 4.85. The van der Waals surface area contributed by atoms with Crippen LogP contribution in [0.3, 0.4) is 0 Å². The first-order valence-corrected chi connectivity index (χ1v) is 10.7. The van der Waals surface area contributed by atoms with Crippen molar-refractivity contribution in [2.24, 2.45) is 0 Å². The van der Waals surface area contributed by atoms with E-state index in [0.29, 0.717) is 19.6 Å². The fourth-order valence-electron chi connectivity index (χ4n) is 1.73. The molecule has 1 aromatic carbocycles. The van der Waals surface area contributed by atoms with Crippen molar-refractivity contribution in [1.29, 1.82) is 0 Å². The molecule has 23 heavy (non-hydrogen) atoms. The molecule has 0 bridgehead atoms. The van der Waals surface area contributed by atoms with Crippen LogP contribution in [0.25, 0.3) is 0 Å². The third-order valence-corrected chi connectivity index (χ3v) is 8.77. The minimum absolute atomic E-state index is 0.0847. The van der Waals surface area contributed by atoms with Crippen molar-refractivity contribution in [2.75, 3.05) is 7.11 Å². The van der Waals surface area contributed by atoms with Crippen LogP contribution in [0.4, 0.5) is 0 Å². The summed E-state index contributed by atoms with van der Waals surface area (Å²) in [5.41, 5.74) is 0. The van der Waals surface area contributed by atoms with Crippen molar-refractivity contribution in [3.05, 3.63) is 34.7 Å². The average molecular weight is 436 g/mol. The first kappa shape index (κ1) is 18.5. The molecule has 0 fully saturated rings. The van der Waals surface area contributed by atoms with Gasteiger partial charge >= 0.3 is 152 Å². The van der Waals surface area contributed by atoms with Crippen LogP contribution in [-0.4, -0.2) is 46.5 Å². The molecule has 0 spiro atoms. The first-order valence-electron chi connectivity index (χ1n) is 6.57. The number of nitrogens with zero attached hydrogens (tertiary/aromatic N) is 2. The van der Waals surface area contributed by atoms with Gasteiger partial charge in [0.15, 0.2) is 0 Å². The number of sulfone groups is 1. The summed E-state index contributed by atoms with van der Waals surface area (Å²) in [4.78, 5) is 8.17. The molecule has 0 N–H and O–H groups in total. The maximum absolute atomic E-state index is 12.6. The molecule has 0 atom stereocenters. The molecule has 0 amide bonds. The second kappa shape index (κ2) is 7.39. The van der Waals surface area contributed by atoms with Gasteiger partial charge in [0.1, 0.15) is 0 Å². The van der Waals surface area contributed by atoms with Gasteiger partial charge < -0.3 is 0 Å². The first-order chi connectivity index (χ1) is 10.8. The van der Waals surface area contributed by atoms with Gasteiger partial charge in [-0.15, -0.1) is 0 Å². The van der Waals surface area contributed by atoms with Crippen LogP contribution < -0.4 is 13.6 Å². The third kappa shape index (κ3) is 4.18. The van der Waals surface area contributed by atoms with Crippen LogP contribution in [0.15, 0.2) is 29.3 Å². The van der Waals surface area contributed by atoms with Gasteiger partial charge in [0.25, 0.3) is 0 Å². The Balaban J connectivity index is 2.56. The van der Waals surface area contributed by atoms with E-state index in [4.69, 9.17) is 27.9 Å². The molecule has 0 aliphatic heterocycles. The van der Waals surface area contributed by atoms with Crippen molar-refractivity contribution in [3.8, 4) is 5.75 Å². The Kier molecular flexibility index (Phi) is 5.95. The Morgan fingerprint density at radius 3 is 2.57 bits per heavy atom. The fraction of sp³-hybridized carbons (Fsp3) is 0.286. The van der Waals surface area contributed by atoms with E-state index in [1.807, 2.05) is 0 Å². The molecular formula is C14H14AsCl2N2O3S. The number of aromatic nitrogens is 2. The van der Waals surface area contributed by atoms with Gasteiger partial charge in [-0.2, -0.15) is 0 Å². The van der Waals surface area contributed by atoms with E-state index < -0.39 is 30.8 Å². The molecule has 2 rings (SSSR count). The van der Waals surface area contributed by atoms with Crippen molar-refractivity contribution in [1.82, 2.24) is 9.97 Å². The molecule has 1 heterocycles. The molecule has 1 radical (unpaired) electrons. The van der Waals surface area contributed by atoms with E-state index in [1.165, 1.54) is 19.4 Å². The number of hydrogen-bond donors (Lipinski definition) is 0. The Hall–Kier alpha value is -0.812. The van der Waals surface area contributed by atoms with Crippen LogP contribution in [0.5, 0.6) is 5.75 Å². The number of halogens is 2. The average Bonchev–Trinajstić information content (AvgIpc) is 2.51. The van der Waals surface area contributed by atoms with Crippen molar-refractivity contribution >= 4 is 57.6 Å². The van der Waals surface area contributed by atoms with Gasteiger partial charge in [-0.3, -0.25) is 0 Å². The summed E-state index contributed by atoms with van der Waals surface area (Å²) >= 11 is 11.1. The topological polar surface area (TPSA) is 69.2 Å². The van der Waals surface area contributed by atoms with Crippen LogP contribution in [0, 0.1) is 0 Å². The maximum atomic E-state index is 12.6. The predicted molar refractivity (Wildman–Crippen MR) is 92.4 cm³/mol. The van der Waals surface area contributed by atoms with E-state index in [1.54, 1.807) is 26.0 Å². The Morgan fingerprint density at radius 2 is 1.96 bits per heavy atom. The molecule has 5 nitrogen and oxygen atoms in total. The van der Waals surface area contributed by atoms with Gasteiger partial charge in [-0.1, -0.05) is 0 Å². The normalized spacial score (nSPS) is 12.3. The predicted octanol–water partition coefficient (Wildman–Crippen LogP) is 1.63. The quantitative estimate of drug-likeness (QED) is 0.527. The Labute approximate surface area is 152 Å². The van der Waals surface area contributed by atoms with E-state index >= 15 is 0 Å². The van der Waals surface area contributed by atoms with Crippen molar-refractivity contribution in [2.45, 2.75) is 24.0 Å². The molecule has 0 aliphatic carbocycles. The van der Waals surface area contributed by atoms with Crippen molar-refractivity contribution in [3.63, 3.8) is 0 Å². The van der Waals surface area contributed by atoms with E-state index in [0.717, 1.165) is 0 Å². The number of ether oxygens (including phenoxy) is 1. The fourth-order valence-corrected chi connectivity index (χ4v) is 6.29. The van der Waals surface area contributed by atoms with Gasteiger partial charge in [0.05, 0.1) is 0 Å². The zero-order valence-electron chi connectivity index (χ0n) is 12.6. The zero-order valence-corrected chi connectivity index (χ0v) is 16.8. The van der Waals surface area contributed by atoms with Crippen LogP contribution in [-0.2, 0) is 9.84 Å². The van der Waals surface area contributed by atoms with E-state index in [9.17, 15) is 8.42 Å². The molecule has 0 aliphatic rings. The molecule has 0 saturated heterocycles. The summed E-state index contributed by atoms with van der Waals surface area (Å²) in [5.74, 6) is 0.487. The van der Waals surface area contributed by atoms with Gasteiger partial charge in [0, 0.05) is 0 Å². The monoisotopic (exact) mass is 435 g/mol. The second-order valence-corrected chi connectivity index (χ2v) is 10.4. The summed E-state index contributed by atoms with van der Waals surface area (Å²) < 4.78 is 31.6. The number of hydrogen-bond acceptors (Lipinski definition) is 5.